The molecule has 23 heavy (non-hydrogen) atoms. The molecule has 1 aliphatic heterocycles. The van der Waals surface area contributed by atoms with Crippen molar-refractivity contribution in [3.63, 3.8) is 0 Å². The van der Waals surface area contributed by atoms with Crippen LogP contribution < -0.4 is 5.32 Å². The first-order chi connectivity index (χ1) is 10.4. The summed E-state index contributed by atoms with van der Waals surface area (Å²) in [5, 5.41) is 4.65. The highest BCUT2D eigenvalue weighted by molar-refractivity contribution is 7.15. The van der Waals surface area contributed by atoms with Gasteiger partial charge in [0.25, 0.3) is 0 Å². The van der Waals surface area contributed by atoms with Gasteiger partial charge in [-0.05, 0) is 24.8 Å². The Morgan fingerprint density at radius 3 is 2.65 bits per heavy atom. The van der Waals surface area contributed by atoms with Crippen LogP contribution in [-0.2, 0) is 19.4 Å². The Morgan fingerprint density at radius 1 is 1.09 bits per heavy atom. The molecule has 1 aromatic heterocycles. The second-order valence-electron chi connectivity index (χ2n) is 5.93. The number of thiazole rings is 1. The molecule has 0 saturated carbocycles. The predicted octanol–water partition coefficient (Wildman–Crippen LogP) is 3.55. The summed E-state index contributed by atoms with van der Waals surface area (Å²) in [7, 11) is 0. The lowest BCUT2D eigenvalue weighted by atomic mass is 10.1. The third kappa shape index (κ3) is 4.06. The zero-order chi connectivity index (χ0) is 14.1. The maximum atomic E-state index is 4.90. The average Bonchev–Trinajstić information content (AvgIpc) is 3.10. The number of nitrogens with one attached hydrogen (secondary N) is 1. The van der Waals surface area contributed by atoms with E-state index in [-0.39, 0.29) is 24.8 Å². The molecule has 1 saturated heterocycles. The van der Waals surface area contributed by atoms with Crippen molar-refractivity contribution in [2.45, 2.75) is 25.8 Å². The molecule has 0 atom stereocenters. The first kappa shape index (κ1) is 18.7. The van der Waals surface area contributed by atoms with Gasteiger partial charge in [-0.25, -0.2) is 4.98 Å². The van der Waals surface area contributed by atoms with E-state index in [1.165, 1.54) is 46.0 Å². The van der Waals surface area contributed by atoms with Gasteiger partial charge in [-0.3, -0.25) is 4.90 Å². The highest BCUT2D eigenvalue weighted by Crippen LogP contribution is 2.35. The summed E-state index contributed by atoms with van der Waals surface area (Å²) < 4.78 is 0. The summed E-state index contributed by atoms with van der Waals surface area (Å²) in [6.07, 6.45) is 3.69. The zero-order valence-corrected chi connectivity index (χ0v) is 15.5. The number of fused-ring (bicyclic) bond motifs is 1. The van der Waals surface area contributed by atoms with Gasteiger partial charge in [-0.2, -0.15) is 0 Å². The summed E-state index contributed by atoms with van der Waals surface area (Å²) in [6.45, 7) is 5.54. The van der Waals surface area contributed by atoms with Crippen LogP contribution >= 0.6 is 36.2 Å². The zero-order valence-electron chi connectivity index (χ0n) is 13.1. The summed E-state index contributed by atoms with van der Waals surface area (Å²) >= 11 is 1.91. The Balaban J connectivity index is 0.000000960. The maximum Gasteiger partial charge on any atom is 0.124 e. The minimum Gasteiger partial charge on any atom is -0.314 e. The molecule has 126 valence electrons. The number of benzene rings is 1. The van der Waals surface area contributed by atoms with Gasteiger partial charge in [0, 0.05) is 43.2 Å². The second-order valence-corrected chi connectivity index (χ2v) is 7.01. The summed E-state index contributed by atoms with van der Waals surface area (Å²) in [6, 6.07) is 8.81. The van der Waals surface area contributed by atoms with Crippen molar-refractivity contribution < 1.29 is 0 Å². The topological polar surface area (TPSA) is 28.2 Å². The predicted molar refractivity (Wildman–Crippen MR) is 102 cm³/mol. The van der Waals surface area contributed by atoms with Crippen LogP contribution in [0.2, 0.25) is 0 Å². The van der Waals surface area contributed by atoms with Gasteiger partial charge in [-0.1, -0.05) is 24.3 Å². The van der Waals surface area contributed by atoms with E-state index in [9.17, 15) is 0 Å². The van der Waals surface area contributed by atoms with Crippen molar-refractivity contribution >= 4 is 36.2 Å². The van der Waals surface area contributed by atoms with Gasteiger partial charge in [0.1, 0.15) is 5.01 Å². The molecule has 1 N–H and O–H groups in total. The van der Waals surface area contributed by atoms with E-state index in [2.05, 4.69) is 34.5 Å². The molecule has 1 fully saturated rings. The lowest BCUT2D eigenvalue weighted by Crippen LogP contribution is -2.42. The van der Waals surface area contributed by atoms with Crippen LogP contribution in [0.4, 0.5) is 0 Å². The van der Waals surface area contributed by atoms with E-state index < -0.39 is 0 Å². The monoisotopic (exact) mass is 371 g/mol. The molecule has 2 aromatic rings. The fourth-order valence-electron chi connectivity index (χ4n) is 3.28. The Kier molecular flexibility index (Phi) is 6.86. The molecule has 4 rings (SSSR count). The van der Waals surface area contributed by atoms with Gasteiger partial charge in [-0.15, -0.1) is 36.2 Å². The largest absolute Gasteiger partial charge is 0.314 e. The quantitative estimate of drug-likeness (QED) is 0.893. The number of aromatic nitrogens is 1. The Hall–Kier alpha value is -0.650. The van der Waals surface area contributed by atoms with Crippen molar-refractivity contribution in [1.29, 1.82) is 0 Å². The molecule has 0 spiro atoms. The summed E-state index contributed by atoms with van der Waals surface area (Å²) in [4.78, 5) is 8.96. The fraction of sp³-hybridized carbons (Fsp3) is 0.471. The molecule has 6 heteroatoms. The van der Waals surface area contributed by atoms with Crippen LogP contribution in [0.5, 0.6) is 0 Å². The van der Waals surface area contributed by atoms with Crippen LogP contribution in [0.15, 0.2) is 24.3 Å². The van der Waals surface area contributed by atoms with Gasteiger partial charge in [0.2, 0.25) is 0 Å². The van der Waals surface area contributed by atoms with Gasteiger partial charge >= 0.3 is 0 Å². The number of rotatable bonds is 3. The first-order valence-corrected chi connectivity index (χ1v) is 8.72. The molecular formula is C17H23Cl2N3S. The normalized spacial score (nSPS) is 17.2. The van der Waals surface area contributed by atoms with Crippen LogP contribution in [-0.4, -0.2) is 36.1 Å². The summed E-state index contributed by atoms with van der Waals surface area (Å²) in [5.74, 6) is 0. The van der Waals surface area contributed by atoms with Crippen molar-refractivity contribution in [1.82, 2.24) is 15.2 Å². The highest BCUT2D eigenvalue weighted by atomic mass is 35.5. The van der Waals surface area contributed by atoms with Crippen LogP contribution in [0.3, 0.4) is 0 Å². The lowest BCUT2D eigenvalue weighted by Gasteiger charge is -2.27. The Bertz CT molecular complexity index is 617. The molecule has 0 amide bonds. The van der Waals surface area contributed by atoms with E-state index in [0.717, 1.165) is 32.7 Å². The molecule has 0 unspecified atom stereocenters. The van der Waals surface area contributed by atoms with Crippen LogP contribution in [0, 0.1) is 0 Å². The van der Waals surface area contributed by atoms with Gasteiger partial charge in [0.05, 0.1) is 5.69 Å². The number of hydrogen-bond donors (Lipinski definition) is 1. The third-order valence-corrected chi connectivity index (χ3v) is 5.64. The molecule has 1 aromatic carbocycles. The molecule has 2 aliphatic rings. The van der Waals surface area contributed by atoms with E-state index in [1.807, 2.05) is 11.3 Å². The third-order valence-electron chi connectivity index (χ3n) is 4.45. The van der Waals surface area contributed by atoms with Gasteiger partial charge in [0.15, 0.2) is 0 Å². The minimum absolute atomic E-state index is 0. The van der Waals surface area contributed by atoms with Crippen molar-refractivity contribution in [3.05, 3.63) is 40.4 Å². The molecule has 2 heterocycles. The molecule has 0 bridgehead atoms. The number of nitrogens with zero attached hydrogens (tertiary/aromatic N) is 2. The van der Waals surface area contributed by atoms with E-state index in [0.29, 0.717) is 0 Å². The minimum atomic E-state index is 0. The van der Waals surface area contributed by atoms with E-state index >= 15 is 0 Å². The highest BCUT2D eigenvalue weighted by Gasteiger charge is 2.19. The molecule has 1 aliphatic carbocycles. The smallest absolute Gasteiger partial charge is 0.124 e. The van der Waals surface area contributed by atoms with Crippen molar-refractivity contribution in [2.75, 3.05) is 26.2 Å². The van der Waals surface area contributed by atoms with Gasteiger partial charge < -0.3 is 5.32 Å². The Labute approximate surface area is 154 Å². The number of hydrogen-bond acceptors (Lipinski definition) is 4. The Morgan fingerprint density at radius 2 is 1.87 bits per heavy atom. The van der Waals surface area contributed by atoms with Crippen molar-refractivity contribution in [2.24, 2.45) is 0 Å². The SMILES string of the molecule is Cl.Cl.c1ccc(-c2nc3c(s2)CCC3)c(CN2CCNCC2)c1. The molecule has 0 radical (unpaired) electrons. The fourth-order valence-corrected chi connectivity index (χ4v) is 4.49. The first-order valence-electron chi connectivity index (χ1n) is 7.90. The molecular weight excluding hydrogens is 349 g/mol. The van der Waals surface area contributed by atoms with E-state index in [1.54, 1.807) is 0 Å². The average molecular weight is 372 g/mol. The summed E-state index contributed by atoms with van der Waals surface area (Å²) in [5.41, 5.74) is 4.12. The lowest BCUT2D eigenvalue weighted by molar-refractivity contribution is 0.233. The maximum absolute atomic E-state index is 4.90. The number of halogens is 2. The number of piperazine rings is 1. The second kappa shape index (κ2) is 8.45. The van der Waals surface area contributed by atoms with Crippen LogP contribution in [0.1, 0.15) is 22.6 Å². The molecule has 3 nitrogen and oxygen atoms in total. The van der Waals surface area contributed by atoms with E-state index in [4.69, 9.17) is 4.98 Å². The number of aryl methyl sites for hydroxylation is 2. The van der Waals surface area contributed by atoms with Crippen molar-refractivity contribution in [3.8, 4) is 10.6 Å². The van der Waals surface area contributed by atoms with Crippen LogP contribution in [0.25, 0.3) is 10.6 Å². The standard InChI is InChI=1S/C17H21N3S.2ClH/c1-2-5-14(17-19-15-6-3-7-16(15)21-17)13(4-1)12-20-10-8-18-9-11-20;;/h1-2,4-5,18H,3,6-12H2;2*1H.